The first-order valence-electron chi connectivity index (χ1n) is 7.92. The molecule has 0 atom stereocenters. The molecule has 1 aliphatic heterocycles. The third-order valence-electron chi connectivity index (χ3n) is 3.75. The van der Waals surface area contributed by atoms with Gasteiger partial charge in [0.1, 0.15) is 5.76 Å². The minimum absolute atomic E-state index is 0.248. The topological polar surface area (TPSA) is 102 Å². The molecule has 7 heteroatoms. The van der Waals surface area contributed by atoms with E-state index in [0.29, 0.717) is 22.6 Å². The number of aromatic hydroxyl groups is 2. The van der Waals surface area contributed by atoms with Crippen LogP contribution in [0.25, 0.3) is 11.8 Å². The smallest absolute Gasteiger partial charge is 0.343 e. The monoisotopic (exact) mass is 368 g/mol. The lowest BCUT2D eigenvalue weighted by atomic mass is 10.1. The van der Waals surface area contributed by atoms with Crippen molar-refractivity contribution in [2.45, 2.75) is 6.92 Å². The number of cyclic esters (lactones) is 1. The highest BCUT2D eigenvalue weighted by molar-refractivity contribution is 6.05. The number of carbonyl (C=O) groups excluding carboxylic acids is 2. The molecule has 3 rings (SSSR count). The Hall–Kier alpha value is -3.74. The van der Waals surface area contributed by atoms with Gasteiger partial charge >= 0.3 is 11.9 Å². The van der Waals surface area contributed by atoms with Crippen LogP contribution in [0.5, 0.6) is 23.0 Å². The van der Waals surface area contributed by atoms with Crippen LogP contribution in [0, 0.1) is 0 Å². The lowest BCUT2D eigenvalue weighted by Gasteiger charge is -2.10. The molecule has 0 saturated heterocycles. The standard InChI is InChI=1S/C20H16O7/c1-11(21)26-17-6-4-13(9-19(17)25-2)18-10-14(20(24)27-18)7-12-3-5-15(22)16(23)8-12/h3-10,22-23H,1-2H3/b14-7+. The van der Waals surface area contributed by atoms with Gasteiger partial charge < -0.3 is 24.4 Å². The third-order valence-corrected chi connectivity index (χ3v) is 3.75. The molecule has 0 fully saturated rings. The van der Waals surface area contributed by atoms with Crippen LogP contribution >= 0.6 is 0 Å². The molecule has 0 aliphatic carbocycles. The molecule has 0 bridgehead atoms. The van der Waals surface area contributed by atoms with Crippen LogP contribution in [0.3, 0.4) is 0 Å². The van der Waals surface area contributed by atoms with Gasteiger partial charge in [0.05, 0.1) is 12.7 Å². The summed E-state index contributed by atoms with van der Waals surface area (Å²) >= 11 is 0. The van der Waals surface area contributed by atoms with E-state index in [9.17, 15) is 19.8 Å². The van der Waals surface area contributed by atoms with Crippen molar-refractivity contribution in [1.82, 2.24) is 0 Å². The lowest BCUT2D eigenvalue weighted by Crippen LogP contribution is -2.03. The molecule has 0 aromatic heterocycles. The fourth-order valence-electron chi connectivity index (χ4n) is 2.50. The lowest BCUT2D eigenvalue weighted by molar-refractivity contribution is -0.132. The third kappa shape index (κ3) is 3.92. The second-order valence-corrected chi connectivity index (χ2v) is 5.71. The zero-order valence-electron chi connectivity index (χ0n) is 14.6. The summed E-state index contributed by atoms with van der Waals surface area (Å²) in [5.74, 6) is -0.681. The van der Waals surface area contributed by atoms with Gasteiger partial charge in [-0.3, -0.25) is 4.79 Å². The van der Waals surface area contributed by atoms with Gasteiger partial charge in [-0.2, -0.15) is 0 Å². The predicted octanol–water partition coefficient (Wildman–Crippen LogP) is 3.01. The fraction of sp³-hybridized carbons (Fsp3) is 0.100. The Morgan fingerprint density at radius 2 is 1.85 bits per heavy atom. The van der Waals surface area contributed by atoms with Crippen molar-refractivity contribution in [2.24, 2.45) is 0 Å². The van der Waals surface area contributed by atoms with Gasteiger partial charge in [0.2, 0.25) is 0 Å². The van der Waals surface area contributed by atoms with Crippen LogP contribution in [0.2, 0.25) is 0 Å². The maximum atomic E-state index is 12.1. The summed E-state index contributed by atoms with van der Waals surface area (Å²) < 4.78 is 15.5. The Balaban J connectivity index is 1.92. The number of ether oxygens (including phenoxy) is 3. The van der Waals surface area contributed by atoms with Gasteiger partial charge in [0, 0.05) is 12.5 Å². The zero-order chi connectivity index (χ0) is 19.6. The molecular weight excluding hydrogens is 352 g/mol. The summed E-state index contributed by atoms with van der Waals surface area (Å²) in [5.41, 5.74) is 1.36. The van der Waals surface area contributed by atoms with Crippen molar-refractivity contribution in [3.63, 3.8) is 0 Å². The second kappa shape index (κ2) is 7.25. The Morgan fingerprint density at radius 1 is 1.07 bits per heavy atom. The zero-order valence-corrected chi connectivity index (χ0v) is 14.6. The molecule has 2 aromatic rings. The van der Waals surface area contributed by atoms with E-state index in [4.69, 9.17) is 14.2 Å². The normalized spacial score (nSPS) is 14.7. The van der Waals surface area contributed by atoms with Crippen LogP contribution in [0.1, 0.15) is 18.1 Å². The summed E-state index contributed by atoms with van der Waals surface area (Å²) in [7, 11) is 1.43. The number of esters is 2. The summed E-state index contributed by atoms with van der Waals surface area (Å²) in [6.45, 7) is 1.28. The number of carbonyl (C=O) groups is 2. The quantitative estimate of drug-likeness (QED) is 0.370. The van der Waals surface area contributed by atoms with Crippen LogP contribution in [-0.4, -0.2) is 29.3 Å². The van der Waals surface area contributed by atoms with Gasteiger partial charge in [-0.25, -0.2) is 4.79 Å². The van der Waals surface area contributed by atoms with E-state index >= 15 is 0 Å². The van der Waals surface area contributed by atoms with E-state index in [1.807, 2.05) is 0 Å². The van der Waals surface area contributed by atoms with Crippen LogP contribution in [-0.2, 0) is 14.3 Å². The highest BCUT2D eigenvalue weighted by Crippen LogP contribution is 2.34. The molecule has 0 saturated carbocycles. The minimum atomic E-state index is -0.555. The highest BCUT2D eigenvalue weighted by Gasteiger charge is 2.23. The number of benzene rings is 2. The largest absolute Gasteiger partial charge is 0.504 e. The maximum Gasteiger partial charge on any atom is 0.343 e. The van der Waals surface area contributed by atoms with Gasteiger partial charge in [-0.15, -0.1) is 0 Å². The molecule has 1 heterocycles. The second-order valence-electron chi connectivity index (χ2n) is 5.71. The maximum absolute atomic E-state index is 12.1. The van der Waals surface area contributed by atoms with E-state index in [1.165, 1.54) is 32.2 Å². The minimum Gasteiger partial charge on any atom is -0.504 e. The number of hydrogen-bond acceptors (Lipinski definition) is 7. The van der Waals surface area contributed by atoms with Crippen molar-refractivity contribution in [3.05, 3.63) is 59.2 Å². The molecule has 0 amide bonds. The molecule has 27 heavy (non-hydrogen) atoms. The molecule has 1 aliphatic rings. The van der Waals surface area contributed by atoms with Crippen LogP contribution < -0.4 is 9.47 Å². The van der Waals surface area contributed by atoms with Crippen molar-refractivity contribution in [1.29, 1.82) is 0 Å². The number of phenols is 2. The summed E-state index contributed by atoms with van der Waals surface area (Å²) in [6, 6.07) is 8.98. The van der Waals surface area contributed by atoms with Gasteiger partial charge in [0.25, 0.3) is 0 Å². The van der Waals surface area contributed by atoms with Crippen LogP contribution in [0.4, 0.5) is 0 Å². The van der Waals surface area contributed by atoms with E-state index in [0.717, 1.165) is 0 Å². The highest BCUT2D eigenvalue weighted by atomic mass is 16.6. The van der Waals surface area contributed by atoms with Gasteiger partial charge in [-0.1, -0.05) is 6.07 Å². The molecule has 138 valence electrons. The van der Waals surface area contributed by atoms with Crippen molar-refractivity contribution in [2.75, 3.05) is 7.11 Å². The van der Waals surface area contributed by atoms with E-state index in [1.54, 1.807) is 30.3 Å². The molecule has 0 unspecified atom stereocenters. The first kappa shape index (κ1) is 18.1. The van der Waals surface area contributed by atoms with E-state index in [2.05, 4.69) is 0 Å². The number of phenolic OH excluding ortho intramolecular Hbond substituents is 2. The van der Waals surface area contributed by atoms with Gasteiger partial charge in [-0.05, 0) is 48.0 Å². The van der Waals surface area contributed by atoms with E-state index in [-0.39, 0.29) is 22.8 Å². The summed E-state index contributed by atoms with van der Waals surface area (Å²) in [5, 5.41) is 18.9. The fourth-order valence-corrected chi connectivity index (χ4v) is 2.50. The van der Waals surface area contributed by atoms with Crippen molar-refractivity contribution < 1.29 is 34.0 Å². The van der Waals surface area contributed by atoms with Crippen LogP contribution in [0.15, 0.2) is 48.0 Å². The number of rotatable bonds is 4. The number of methoxy groups -OCH3 is 1. The van der Waals surface area contributed by atoms with Gasteiger partial charge in [0.15, 0.2) is 23.0 Å². The molecule has 2 N–H and O–H groups in total. The average Bonchev–Trinajstić information content (AvgIpc) is 2.98. The SMILES string of the molecule is COc1cc(C2=C/C(=C\c3ccc(O)c(O)c3)C(=O)O2)ccc1OC(C)=O. The summed E-state index contributed by atoms with van der Waals surface area (Å²) in [6.07, 6.45) is 3.07. The number of hydrogen-bond donors (Lipinski definition) is 2. The van der Waals surface area contributed by atoms with Crippen molar-refractivity contribution >= 4 is 23.8 Å². The van der Waals surface area contributed by atoms with Crippen molar-refractivity contribution in [3.8, 4) is 23.0 Å². The Labute approximate surface area is 154 Å². The molecule has 0 spiro atoms. The Morgan fingerprint density at radius 3 is 2.52 bits per heavy atom. The van der Waals surface area contributed by atoms with E-state index < -0.39 is 11.9 Å². The molecule has 0 radical (unpaired) electrons. The Bertz CT molecular complexity index is 986. The summed E-state index contributed by atoms with van der Waals surface area (Å²) in [4.78, 5) is 23.3. The first-order valence-corrected chi connectivity index (χ1v) is 7.92. The molecular formula is C20H16O7. The molecule has 7 nitrogen and oxygen atoms in total. The predicted molar refractivity (Wildman–Crippen MR) is 96.1 cm³/mol. The first-order chi connectivity index (χ1) is 12.9. The molecule has 2 aromatic carbocycles. The Kier molecular flexibility index (Phi) is 4.85. The average molecular weight is 368 g/mol.